The molecule has 3 heterocycles. The fraction of sp³-hybridized carbons (Fsp3) is 0.300. The maximum Gasteiger partial charge on any atom is 0.276 e. The Bertz CT molecular complexity index is 948. The van der Waals surface area contributed by atoms with Crippen LogP contribution < -0.4 is 9.80 Å². The predicted octanol–water partition coefficient (Wildman–Crippen LogP) is 2.16. The summed E-state index contributed by atoms with van der Waals surface area (Å²) in [6, 6.07) is 13.3. The lowest BCUT2D eigenvalue weighted by Crippen LogP contribution is -2.49. The quantitative estimate of drug-likeness (QED) is 0.688. The van der Waals surface area contributed by atoms with Gasteiger partial charge in [-0.3, -0.25) is 4.79 Å². The van der Waals surface area contributed by atoms with E-state index in [2.05, 4.69) is 20.3 Å². The van der Waals surface area contributed by atoms with E-state index in [0.29, 0.717) is 37.6 Å². The van der Waals surface area contributed by atoms with E-state index in [1.807, 2.05) is 55.4 Å². The number of carbonyl (C=O) groups is 1. The minimum atomic E-state index is -0.112. The molecule has 0 unspecified atom stereocenters. The molecule has 2 aromatic heterocycles. The highest BCUT2D eigenvalue weighted by atomic mass is 16.5. The summed E-state index contributed by atoms with van der Waals surface area (Å²) in [7, 11) is 3.94. The smallest absolute Gasteiger partial charge is 0.276 e. The van der Waals surface area contributed by atoms with Gasteiger partial charge in [-0.15, -0.1) is 5.10 Å². The van der Waals surface area contributed by atoms with Crippen LogP contribution >= 0.6 is 0 Å². The number of benzene rings is 1. The van der Waals surface area contributed by atoms with Gasteiger partial charge in [0.25, 0.3) is 5.91 Å². The molecule has 0 saturated carbocycles. The van der Waals surface area contributed by atoms with Gasteiger partial charge >= 0.3 is 0 Å². The molecule has 1 amide bonds. The third kappa shape index (κ3) is 3.66. The van der Waals surface area contributed by atoms with Crippen molar-refractivity contribution >= 4 is 17.4 Å². The lowest BCUT2D eigenvalue weighted by molar-refractivity contribution is 0.0736. The molecule has 0 bridgehead atoms. The average Bonchev–Trinajstić information content (AvgIpc) is 3.24. The first-order valence-corrected chi connectivity index (χ1v) is 9.18. The Labute approximate surface area is 163 Å². The number of piperazine rings is 1. The zero-order valence-electron chi connectivity index (χ0n) is 15.9. The van der Waals surface area contributed by atoms with Gasteiger partial charge in [-0.2, -0.15) is 5.10 Å². The van der Waals surface area contributed by atoms with Crippen LogP contribution in [0.4, 0.5) is 11.5 Å². The molecule has 1 aromatic carbocycles. The van der Waals surface area contributed by atoms with E-state index in [-0.39, 0.29) is 5.91 Å². The van der Waals surface area contributed by atoms with Crippen molar-refractivity contribution in [2.45, 2.75) is 0 Å². The van der Waals surface area contributed by atoms with Crippen LogP contribution in [0.5, 0.6) is 0 Å². The number of carbonyl (C=O) groups excluding carboxylic acids is 1. The number of hydrogen-bond acceptors (Lipinski definition) is 7. The average molecular weight is 378 g/mol. The molecule has 1 saturated heterocycles. The minimum absolute atomic E-state index is 0.112. The first kappa shape index (κ1) is 18.0. The van der Waals surface area contributed by atoms with Crippen molar-refractivity contribution in [3.8, 4) is 11.3 Å². The van der Waals surface area contributed by atoms with E-state index >= 15 is 0 Å². The first-order valence-electron chi connectivity index (χ1n) is 9.18. The second kappa shape index (κ2) is 7.67. The lowest BCUT2D eigenvalue weighted by Gasteiger charge is -2.35. The van der Waals surface area contributed by atoms with Crippen LogP contribution in [0.25, 0.3) is 11.3 Å². The summed E-state index contributed by atoms with van der Waals surface area (Å²) in [6.45, 7) is 2.59. The van der Waals surface area contributed by atoms with Crippen LogP contribution in [0.15, 0.2) is 53.2 Å². The van der Waals surface area contributed by atoms with Crippen molar-refractivity contribution in [2.24, 2.45) is 0 Å². The topological polar surface area (TPSA) is 78.6 Å². The molecule has 8 heteroatoms. The lowest BCUT2D eigenvalue weighted by atomic mass is 10.1. The Morgan fingerprint density at radius 3 is 2.54 bits per heavy atom. The standard InChI is InChI=1S/C20H22N6O2/c1-24(2)16-12-19(22-21-14-16)25-8-10-26(11-9-25)20(27)17-13-18(28-23-17)15-6-4-3-5-7-15/h3-7,12-14H,8-11H2,1-2H3. The van der Waals surface area contributed by atoms with E-state index < -0.39 is 0 Å². The zero-order chi connectivity index (χ0) is 19.5. The van der Waals surface area contributed by atoms with E-state index in [0.717, 1.165) is 17.1 Å². The summed E-state index contributed by atoms with van der Waals surface area (Å²) in [6.07, 6.45) is 1.73. The molecular formula is C20H22N6O2. The first-order chi connectivity index (χ1) is 13.6. The Balaban J connectivity index is 1.41. The molecule has 144 valence electrons. The van der Waals surface area contributed by atoms with Crippen molar-refractivity contribution in [2.75, 3.05) is 50.1 Å². The van der Waals surface area contributed by atoms with Gasteiger partial charge in [0.05, 0.1) is 11.9 Å². The van der Waals surface area contributed by atoms with Crippen LogP contribution in [0, 0.1) is 0 Å². The monoisotopic (exact) mass is 378 g/mol. The summed E-state index contributed by atoms with van der Waals surface area (Å²) < 4.78 is 5.36. The van der Waals surface area contributed by atoms with E-state index in [1.54, 1.807) is 17.2 Å². The third-order valence-electron chi connectivity index (χ3n) is 4.82. The molecule has 1 fully saturated rings. The van der Waals surface area contributed by atoms with Crippen LogP contribution in [0.3, 0.4) is 0 Å². The largest absolute Gasteiger partial charge is 0.376 e. The van der Waals surface area contributed by atoms with Crippen molar-refractivity contribution in [3.63, 3.8) is 0 Å². The summed E-state index contributed by atoms with van der Waals surface area (Å²) in [5.74, 6) is 1.31. The summed E-state index contributed by atoms with van der Waals surface area (Å²) >= 11 is 0. The molecule has 4 rings (SSSR count). The second-order valence-corrected chi connectivity index (χ2v) is 6.89. The normalized spacial score (nSPS) is 14.2. The van der Waals surface area contributed by atoms with Gasteiger partial charge in [0.15, 0.2) is 17.3 Å². The summed E-state index contributed by atoms with van der Waals surface area (Å²) in [5, 5.41) is 12.3. The van der Waals surface area contributed by atoms with Gasteiger partial charge in [-0.05, 0) is 0 Å². The van der Waals surface area contributed by atoms with E-state index in [4.69, 9.17) is 4.52 Å². The third-order valence-corrected chi connectivity index (χ3v) is 4.82. The number of anilines is 2. The van der Waals surface area contributed by atoms with E-state index in [1.165, 1.54) is 0 Å². The molecule has 0 atom stereocenters. The number of nitrogens with zero attached hydrogens (tertiary/aromatic N) is 6. The van der Waals surface area contributed by atoms with Crippen LogP contribution in [0.1, 0.15) is 10.5 Å². The molecule has 3 aromatic rings. The Morgan fingerprint density at radius 2 is 1.82 bits per heavy atom. The Morgan fingerprint density at radius 1 is 1.07 bits per heavy atom. The van der Waals surface area contributed by atoms with Gasteiger partial charge < -0.3 is 19.2 Å². The fourth-order valence-electron chi connectivity index (χ4n) is 3.16. The SMILES string of the molecule is CN(C)c1cnnc(N2CCN(C(=O)c3cc(-c4ccccc4)on3)CC2)c1. The number of hydrogen-bond donors (Lipinski definition) is 0. The predicted molar refractivity (Wildman–Crippen MR) is 106 cm³/mol. The molecule has 0 aliphatic carbocycles. The van der Waals surface area contributed by atoms with Gasteiger partial charge in [0.2, 0.25) is 0 Å². The molecule has 1 aliphatic heterocycles. The molecular weight excluding hydrogens is 356 g/mol. The summed E-state index contributed by atoms with van der Waals surface area (Å²) in [5.41, 5.74) is 2.24. The zero-order valence-corrected chi connectivity index (χ0v) is 15.9. The molecule has 0 radical (unpaired) electrons. The van der Waals surface area contributed by atoms with Crippen LogP contribution in [-0.2, 0) is 0 Å². The van der Waals surface area contributed by atoms with Gasteiger partial charge in [-0.25, -0.2) is 0 Å². The number of rotatable bonds is 4. The molecule has 8 nitrogen and oxygen atoms in total. The molecule has 0 spiro atoms. The fourth-order valence-corrected chi connectivity index (χ4v) is 3.16. The van der Waals surface area contributed by atoms with E-state index in [9.17, 15) is 4.79 Å². The highest BCUT2D eigenvalue weighted by Gasteiger charge is 2.25. The van der Waals surface area contributed by atoms with Gasteiger partial charge in [-0.1, -0.05) is 35.5 Å². The van der Waals surface area contributed by atoms with Crippen molar-refractivity contribution in [1.29, 1.82) is 0 Å². The molecule has 1 aliphatic rings. The Hall–Kier alpha value is -3.42. The second-order valence-electron chi connectivity index (χ2n) is 6.89. The summed E-state index contributed by atoms with van der Waals surface area (Å²) in [4.78, 5) is 18.7. The maximum atomic E-state index is 12.8. The highest BCUT2D eigenvalue weighted by Crippen LogP contribution is 2.22. The van der Waals surface area contributed by atoms with Crippen LogP contribution in [0.2, 0.25) is 0 Å². The maximum absolute atomic E-state index is 12.8. The highest BCUT2D eigenvalue weighted by molar-refractivity contribution is 5.93. The van der Waals surface area contributed by atoms with Crippen molar-refractivity contribution < 1.29 is 9.32 Å². The molecule has 28 heavy (non-hydrogen) atoms. The molecule has 0 N–H and O–H groups in total. The van der Waals surface area contributed by atoms with Gasteiger partial charge in [0.1, 0.15) is 0 Å². The number of amides is 1. The van der Waals surface area contributed by atoms with Crippen molar-refractivity contribution in [3.05, 3.63) is 54.4 Å². The number of aromatic nitrogens is 3. The van der Waals surface area contributed by atoms with Crippen LogP contribution in [-0.4, -0.2) is 66.4 Å². The van der Waals surface area contributed by atoms with Gasteiger partial charge in [0, 0.05) is 58.0 Å². The van der Waals surface area contributed by atoms with Crippen molar-refractivity contribution in [1.82, 2.24) is 20.3 Å². The minimum Gasteiger partial charge on any atom is -0.376 e. The Kier molecular flexibility index (Phi) is 4.92.